The maximum atomic E-state index is 5.90. The van der Waals surface area contributed by atoms with Crippen LogP contribution in [0.15, 0.2) is 60.7 Å². The zero-order valence-electron chi connectivity index (χ0n) is 15.1. The van der Waals surface area contributed by atoms with Gasteiger partial charge in [-0.1, -0.05) is 24.8 Å². The first-order chi connectivity index (χ1) is 12.7. The van der Waals surface area contributed by atoms with Crippen LogP contribution in [0.4, 0.5) is 0 Å². The van der Waals surface area contributed by atoms with E-state index in [9.17, 15) is 0 Å². The molecular formula is C22H22N2O2. The normalized spacial score (nSPS) is 24.5. The second-order valence-corrected chi connectivity index (χ2v) is 7.32. The molecule has 5 rings (SSSR count). The second kappa shape index (κ2) is 5.63. The van der Waals surface area contributed by atoms with Gasteiger partial charge in [0.05, 0.1) is 24.6 Å². The van der Waals surface area contributed by atoms with Crippen molar-refractivity contribution in [3.63, 3.8) is 0 Å². The lowest BCUT2D eigenvalue weighted by atomic mass is 9.75. The number of hydrogen-bond donors (Lipinski definition) is 0. The number of benzene rings is 1. The van der Waals surface area contributed by atoms with Crippen LogP contribution in [0.2, 0.25) is 0 Å². The Kier molecular flexibility index (Phi) is 3.36. The summed E-state index contributed by atoms with van der Waals surface area (Å²) >= 11 is 0. The Morgan fingerprint density at radius 2 is 2.15 bits per heavy atom. The molecule has 0 amide bonds. The molecule has 1 aromatic rings. The highest BCUT2D eigenvalue weighted by molar-refractivity contribution is 5.97. The van der Waals surface area contributed by atoms with E-state index in [4.69, 9.17) is 14.5 Å². The van der Waals surface area contributed by atoms with Crippen LogP contribution in [0.25, 0.3) is 22.2 Å². The third-order valence-electron chi connectivity index (χ3n) is 6.04. The van der Waals surface area contributed by atoms with Gasteiger partial charge < -0.3 is 14.0 Å². The predicted molar refractivity (Wildman–Crippen MR) is 102 cm³/mol. The highest BCUT2D eigenvalue weighted by atomic mass is 16.5. The van der Waals surface area contributed by atoms with E-state index in [-0.39, 0.29) is 6.10 Å². The number of allylic oxidation sites excluding steroid dienone is 1. The SMILES string of the molecule is C=C(OC)C1=COC(C)C2Cn3ccc4c5ccccc5nc-4c3CC12. The van der Waals surface area contributed by atoms with Crippen molar-refractivity contribution >= 4 is 10.9 Å². The Morgan fingerprint density at radius 3 is 3.00 bits per heavy atom. The van der Waals surface area contributed by atoms with Gasteiger partial charge in [0.15, 0.2) is 0 Å². The summed E-state index contributed by atoms with van der Waals surface area (Å²) in [6.07, 6.45) is 5.16. The van der Waals surface area contributed by atoms with Crippen molar-refractivity contribution in [1.29, 1.82) is 0 Å². The fourth-order valence-electron chi connectivity index (χ4n) is 4.56. The summed E-state index contributed by atoms with van der Waals surface area (Å²) in [5.41, 5.74) is 5.80. The van der Waals surface area contributed by atoms with E-state index in [0.717, 1.165) is 29.7 Å². The van der Waals surface area contributed by atoms with Crippen LogP contribution < -0.4 is 0 Å². The number of ether oxygens (including phenoxy) is 2. The maximum absolute atomic E-state index is 5.90. The van der Waals surface area contributed by atoms with Crippen LogP contribution in [0.5, 0.6) is 0 Å². The van der Waals surface area contributed by atoms with Crippen molar-refractivity contribution in [2.24, 2.45) is 11.8 Å². The molecule has 132 valence electrons. The van der Waals surface area contributed by atoms with Gasteiger partial charge in [-0.25, -0.2) is 4.98 Å². The van der Waals surface area contributed by atoms with E-state index in [0.29, 0.717) is 17.6 Å². The molecule has 3 unspecified atom stereocenters. The van der Waals surface area contributed by atoms with E-state index in [1.807, 2.05) is 12.3 Å². The summed E-state index contributed by atoms with van der Waals surface area (Å²) in [5, 5.41) is 1.23. The van der Waals surface area contributed by atoms with Gasteiger partial charge in [-0.3, -0.25) is 0 Å². The minimum absolute atomic E-state index is 0.177. The molecule has 0 spiro atoms. The largest absolute Gasteiger partial charge is 0.498 e. The number of fused-ring (bicyclic) bond motifs is 6. The number of nitrogens with zero attached hydrogens (tertiary/aromatic N) is 2. The zero-order valence-corrected chi connectivity index (χ0v) is 15.1. The molecule has 26 heavy (non-hydrogen) atoms. The molecule has 0 radical (unpaired) electrons. The molecule has 0 saturated heterocycles. The Labute approximate surface area is 153 Å². The van der Waals surface area contributed by atoms with E-state index >= 15 is 0 Å². The monoisotopic (exact) mass is 346 g/mol. The number of aromatic nitrogens is 2. The fourth-order valence-corrected chi connectivity index (χ4v) is 4.56. The van der Waals surface area contributed by atoms with Gasteiger partial charge in [0.2, 0.25) is 0 Å². The average Bonchev–Trinajstić information content (AvgIpc) is 3.06. The minimum Gasteiger partial charge on any atom is -0.498 e. The third-order valence-corrected chi connectivity index (χ3v) is 6.04. The molecule has 4 heterocycles. The van der Waals surface area contributed by atoms with Gasteiger partial charge >= 0.3 is 0 Å². The molecule has 0 saturated carbocycles. The van der Waals surface area contributed by atoms with Gasteiger partial charge in [-0.15, -0.1) is 0 Å². The zero-order chi connectivity index (χ0) is 17.8. The lowest BCUT2D eigenvalue weighted by molar-refractivity contribution is 0.0328. The highest BCUT2D eigenvalue weighted by Gasteiger charge is 2.40. The van der Waals surface area contributed by atoms with Crippen LogP contribution in [0, 0.1) is 11.8 Å². The van der Waals surface area contributed by atoms with Gasteiger partial charge in [0.1, 0.15) is 11.9 Å². The molecule has 4 nitrogen and oxygen atoms in total. The van der Waals surface area contributed by atoms with Gasteiger partial charge in [0.25, 0.3) is 0 Å². The van der Waals surface area contributed by atoms with Crippen molar-refractivity contribution in [2.75, 3.05) is 7.11 Å². The number of methoxy groups -OCH3 is 1. The van der Waals surface area contributed by atoms with Crippen LogP contribution in [0.3, 0.4) is 0 Å². The standard InChI is InChI=1S/C22H22N2O2/c1-13(25-3)19-12-26-14(2)18-11-24-9-8-16-15-6-4-5-7-20(15)23-22(16)21(24)10-17(18)19/h4-9,12,14,17-18H,1,10-11H2,2-3H3. The van der Waals surface area contributed by atoms with Gasteiger partial charge in [-0.05, 0) is 25.5 Å². The highest BCUT2D eigenvalue weighted by Crippen LogP contribution is 2.43. The Morgan fingerprint density at radius 1 is 1.31 bits per heavy atom. The Balaban J connectivity index is 1.66. The summed E-state index contributed by atoms with van der Waals surface area (Å²) in [7, 11) is 1.67. The second-order valence-electron chi connectivity index (χ2n) is 7.32. The first kappa shape index (κ1) is 15.5. The van der Waals surface area contributed by atoms with Crippen molar-refractivity contribution in [3.8, 4) is 11.3 Å². The van der Waals surface area contributed by atoms with Crippen LogP contribution in [-0.2, 0) is 22.4 Å². The summed E-state index contributed by atoms with van der Waals surface area (Å²) in [4.78, 5) is 4.95. The number of hydrogen-bond acceptors (Lipinski definition) is 3. The summed E-state index contributed by atoms with van der Waals surface area (Å²) in [6.45, 7) is 7.15. The van der Waals surface area contributed by atoms with E-state index in [1.54, 1.807) is 7.11 Å². The molecule has 1 aromatic carbocycles. The van der Waals surface area contributed by atoms with Crippen LogP contribution >= 0.6 is 0 Å². The molecular weight excluding hydrogens is 324 g/mol. The molecule has 0 aromatic heterocycles. The summed E-state index contributed by atoms with van der Waals surface area (Å²) < 4.78 is 13.7. The number of para-hydroxylation sites is 1. The van der Waals surface area contributed by atoms with Crippen molar-refractivity contribution in [3.05, 3.63) is 66.4 Å². The predicted octanol–water partition coefficient (Wildman–Crippen LogP) is 4.39. The quantitative estimate of drug-likeness (QED) is 0.646. The third kappa shape index (κ3) is 2.11. The molecule has 4 aliphatic rings. The summed E-state index contributed by atoms with van der Waals surface area (Å²) in [5.74, 6) is 1.45. The average molecular weight is 346 g/mol. The molecule has 0 aliphatic carbocycles. The minimum atomic E-state index is 0.177. The van der Waals surface area contributed by atoms with Crippen molar-refractivity contribution < 1.29 is 9.47 Å². The molecule has 0 bridgehead atoms. The molecule has 4 aliphatic heterocycles. The summed E-state index contributed by atoms with van der Waals surface area (Å²) in [6, 6.07) is 10.6. The maximum Gasteiger partial charge on any atom is 0.118 e. The topological polar surface area (TPSA) is 36.3 Å². The number of pyridine rings is 1. The molecule has 4 heteroatoms. The first-order valence-electron chi connectivity index (χ1n) is 9.12. The van der Waals surface area contributed by atoms with E-state index in [2.05, 4.69) is 48.5 Å². The van der Waals surface area contributed by atoms with Crippen LogP contribution in [0.1, 0.15) is 12.6 Å². The van der Waals surface area contributed by atoms with E-state index < -0.39 is 0 Å². The smallest absolute Gasteiger partial charge is 0.118 e. The number of rotatable bonds is 2. The van der Waals surface area contributed by atoms with Crippen molar-refractivity contribution in [2.45, 2.75) is 26.0 Å². The Bertz CT molecular complexity index is 1020. The lowest BCUT2D eigenvalue weighted by Crippen LogP contribution is -2.41. The molecule has 0 N–H and O–H groups in total. The fraction of sp³-hybridized carbons (Fsp3) is 0.318. The Hall–Kier alpha value is -2.75. The lowest BCUT2D eigenvalue weighted by Gasteiger charge is -2.42. The molecule has 0 fully saturated rings. The van der Waals surface area contributed by atoms with Gasteiger partial charge in [0, 0.05) is 46.8 Å². The van der Waals surface area contributed by atoms with Crippen LogP contribution in [-0.4, -0.2) is 22.8 Å². The first-order valence-corrected chi connectivity index (χ1v) is 9.12. The van der Waals surface area contributed by atoms with E-state index in [1.165, 1.54) is 16.6 Å². The molecule has 3 atom stereocenters. The van der Waals surface area contributed by atoms with Gasteiger partial charge in [-0.2, -0.15) is 0 Å². The van der Waals surface area contributed by atoms with Crippen molar-refractivity contribution in [1.82, 2.24) is 9.55 Å².